The number of nitriles is 1. The van der Waals surface area contributed by atoms with Gasteiger partial charge in [0.05, 0.1) is 7.05 Å². The van der Waals surface area contributed by atoms with Gasteiger partial charge in [0.1, 0.15) is 29.2 Å². The Morgan fingerprint density at radius 3 is 2.70 bits per heavy atom. The summed E-state index contributed by atoms with van der Waals surface area (Å²) >= 11 is 4.74. The van der Waals surface area contributed by atoms with Crippen LogP contribution in [0.2, 0.25) is 0 Å². The van der Waals surface area contributed by atoms with Crippen LogP contribution in [0.1, 0.15) is 5.56 Å². The zero-order chi connectivity index (χ0) is 15.4. The number of hydrogen-bond donors (Lipinski definition) is 1. The summed E-state index contributed by atoms with van der Waals surface area (Å²) < 4.78 is 37.4. The second kappa shape index (κ2) is 6.26. The van der Waals surface area contributed by atoms with E-state index in [9.17, 15) is 12.8 Å². The predicted octanol–water partition coefficient (Wildman–Crippen LogP) is 0.912. The Morgan fingerprint density at radius 1 is 1.55 bits per heavy atom. The highest BCUT2D eigenvalue weighted by Gasteiger charge is 2.38. The van der Waals surface area contributed by atoms with Crippen LogP contribution in [0.4, 0.5) is 4.39 Å². The summed E-state index contributed by atoms with van der Waals surface area (Å²) in [6, 6.07) is 7.14. The fourth-order valence-electron chi connectivity index (χ4n) is 1.73. The van der Waals surface area contributed by atoms with Gasteiger partial charge in [0, 0.05) is 0 Å². The fourth-order valence-corrected chi connectivity index (χ4v) is 3.59. The lowest BCUT2D eigenvalue weighted by Crippen LogP contribution is -2.53. The van der Waals surface area contributed by atoms with Crippen molar-refractivity contribution in [2.75, 3.05) is 20.1 Å². The zero-order valence-electron chi connectivity index (χ0n) is 10.9. The summed E-state index contributed by atoms with van der Waals surface area (Å²) in [7, 11) is -2.40. The van der Waals surface area contributed by atoms with Gasteiger partial charge in [-0.05, 0) is 17.7 Å². The lowest BCUT2D eigenvalue weighted by molar-refractivity contribution is -0.766. The highest BCUT2D eigenvalue weighted by atomic mass is 32.2. The van der Waals surface area contributed by atoms with E-state index >= 15 is 0 Å². The van der Waals surface area contributed by atoms with Crippen molar-refractivity contribution in [3.63, 3.8) is 0 Å². The third-order valence-corrected chi connectivity index (χ3v) is 5.23. The first kappa shape index (κ1) is 16.5. The molecule has 0 fully saturated rings. The van der Waals surface area contributed by atoms with E-state index in [2.05, 4.69) is 0 Å². The molecule has 1 aromatic carbocycles. The molecule has 108 valence electrons. The molecule has 0 aliphatic rings. The summed E-state index contributed by atoms with van der Waals surface area (Å²) in [5, 5.41) is 8.81. The summed E-state index contributed by atoms with van der Waals surface area (Å²) in [6.45, 7) is -0.421. The smallest absolute Gasteiger partial charge is 0.302 e. The average molecular weight is 316 g/mol. The molecule has 1 aromatic rings. The molecule has 8 heteroatoms. The molecule has 2 N–H and O–H groups in total. The number of hydrogen-bond acceptors (Lipinski definition) is 4. The van der Waals surface area contributed by atoms with Crippen LogP contribution in [0.25, 0.3) is 0 Å². The average Bonchev–Trinajstić information content (AvgIpc) is 2.27. The van der Waals surface area contributed by atoms with Crippen molar-refractivity contribution in [1.82, 2.24) is 0 Å². The fraction of sp³-hybridized carbons (Fsp3) is 0.333. The van der Waals surface area contributed by atoms with Gasteiger partial charge in [-0.3, -0.25) is 0 Å². The van der Waals surface area contributed by atoms with E-state index < -0.39 is 19.7 Å². The summed E-state index contributed by atoms with van der Waals surface area (Å²) in [4.78, 5) is 0.00515. The van der Waals surface area contributed by atoms with Gasteiger partial charge in [-0.2, -0.15) is 13.7 Å². The van der Waals surface area contributed by atoms with Crippen LogP contribution in [0.5, 0.6) is 0 Å². The summed E-state index contributed by atoms with van der Waals surface area (Å²) in [6.07, 6.45) is 0. The van der Waals surface area contributed by atoms with Gasteiger partial charge in [0.2, 0.25) is 0 Å². The topological polar surface area (TPSA) is 83.9 Å². The molecule has 20 heavy (non-hydrogen) atoms. The van der Waals surface area contributed by atoms with Gasteiger partial charge in [0.15, 0.2) is 6.54 Å². The minimum atomic E-state index is -3.77. The Morgan fingerprint density at radius 2 is 2.20 bits per heavy atom. The third kappa shape index (κ3) is 3.96. The lowest BCUT2D eigenvalue weighted by atomic mass is 10.2. The number of sulfonamides is 1. The Kier molecular flexibility index (Phi) is 5.16. The highest BCUT2D eigenvalue weighted by molar-refractivity contribution is 7.85. The first-order valence-electron chi connectivity index (χ1n) is 5.67. The van der Waals surface area contributed by atoms with E-state index in [1.807, 2.05) is 6.07 Å². The van der Waals surface area contributed by atoms with Gasteiger partial charge in [-0.15, -0.1) is 0 Å². The van der Waals surface area contributed by atoms with E-state index in [0.29, 0.717) is 5.56 Å². The molecule has 0 amide bonds. The first-order chi connectivity index (χ1) is 9.20. The normalized spacial score (nSPS) is 14.2. The number of nitrogens with two attached hydrogens (primary N) is 1. The molecule has 1 rings (SSSR count). The van der Waals surface area contributed by atoms with E-state index in [1.54, 1.807) is 0 Å². The maximum absolute atomic E-state index is 13.1. The van der Waals surface area contributed by atoms with Crippen molar-refractivity contribution in [1.29, 1.82) is 5.26 Å². The standard InChI is InChI=1S/C12H14FN3O2S2/c1-16(6-5-14,8-12(15)19)20(17,18)9-10-3-2-4-11(13)7-10/h2-4,7H,6,8-9H2,1H3,(H-,15,19)/p+1. The molecular weight excluding hydrogens is 301 g/mol. The second-order valence-electron chi connectivity index (χ2n) is 4.59. The van der Waals surface area contributed by atoms with E-state index in [1.165, 1.54) is 25.2 Å². The lowest BCUT2D eigenvalue weighted by Gasteiger charge is -2.30. The van der Waals surface area contributed by atoms with Gasteiger partial charge < -0.3 is 5.73 Å². The molecule has 5 nitrogen and oxygen atoms in total. The SMILES string of the molecule is C[N+](CC#N)(CC(N)=S)S(=O)(=O)Cc1cccc(F)c1. The molecule has 0 radical (unpaired) electrons. The Labute approximate surface area is 123 Å². The molecule has 0 spiro atoms. The largest absolute Gasteiger partial charge is 0.389 e. The van der Waals surface area contributed by atoms with Crippen LogP contribution >= 0.6 is 12.2 Å². The Bertz CT molecular complexity index is 655. The molecule has 0 aliphatic heterocycles. The molecule has 1 atom stereocenters. The molecule has 0 heterocycles. The van der Waals surface area contributed by atoms with Gasteiger partial charge >= 0.3 is 10.0 Å². The monoisotopic (exact) mass is 316 g/mol. The van der Waals surface area contributed by atoms with Crippen molar-refractivity contribution in [3.8, 4) is 6.07 Å². The Balaban J connectivity index is 3.12. The minimum Gasteiger partial charge on any atom is -0.389 e. The Hall–Kier alpha value is -1.56. The third-order valence-electron chi connectivity index (χ3n) is 2.81. The van der Waals surface area contributed by atoms with Crippen LogP contribution in [-0.4, -0.2) is 37.4 Å². The van der Waals surface area contributed by atoms with E-state index in [0.717, 1.165) is 6.07 Å². The summed E-state index contributed by atoms with van der Waals surface area (Å²) in [5.41, 5.74) is 5.72. The highest BCUT2D eigenvalue weighted by Crippen LogP contribution is 2.18. The van der Waals surface area contributed by atoms with Crippen LogP contribution in [0.15, 0.2) is 24.3 Å². The van der Waals surface area contributed by atoms with Gasteiger partial charge in [-0.1, -0.05) is 24.4 Å². The molecule has 0 saturated heterocycles. The molecule has 1 unspecified atom stereocenters. The van der Waals surface area contributed by atoms with E-state index in [-0.39, 0.29) is 23.8 Å². The zero-order valence-corrected chi connectivity index (χ0v) is 12.5. The molecule has 0 aliphatic carbocycles. The number of halogens is 1. The van der Waals surface area contributed by atoms with Crippen LogP contribution in [0.3, 0.4) is 0 Å². The van der Waals surface area contributed by atoms with Crippen LogP contribution in [-0.2, 0) is 15.8 Å². The quantitative estimate of drug-likeness (QED) is 0.479. The number of thiocarbonyl (C=S) groups is 1. The predicted molar refractivity (Wildman–Crippen MR) is 77.3 cm³/mol. The number of benzene rings is 1. The summed E-state index contributed by atoms with van der Waals surface area (Å²) in [5.74, 6) is -0.896. The second-order valence-corrected chi connectivity index (χ2v) is 7.45. The van der Waals surface area contributed by atoms with Crippen molar-refractivity contribution in [2.45, 2.75) is 5.75 Å². The number of rotatable bonds is 6. The van der Waals surface area contributed by atoms with Crippen molar-refractivity contribution in [3.05, 3.63) is 35.6 Å². The van der Waals surface area contributed by atoms with E-state index in [4.69, 9.17) is 23.2 Å². The van der Waals surface area contributed by atoms with Crippen molar-refractivity contribution < 1.29 is 16.7 Å². The molecule has 0 aromatic heterocycles. The first-order valence-corrected chi connectivity index (χ1v) is 7.69. The minimum absolute atomic E-state index is 0.00515. The number of nitrogens with zero attached hydrogens (tertiary/aromatic N) is 2. The van der Waals surface area contributed by atoms with Gasteiger partial charge in [0.25, 0.3) is 0 Å². The number of quaternary nitrogens is 1. The van der Waals surface area contributed by atoms with Crippen LogP contribution < -0.4 is 5.73 Å². The van der Waals surface area contributed by atoms with Crippen molar-refractivity contribution in [2.24, 2.45) is 5.73 Å². The molecular formula is C12H15FN3O2S2+. The maximum atomic E-state index is 13.1. The number of likely N-dealkylation sites (N-methyl/N-ethyl adjacent to an activating group) is 1. The molecule has 0 saturated carbocycles. The van der Waals surface area contributed by atoms with Gasteiger partial charge in [-0.25, -0.2) is 8.28 Å². The van der Waals surface area contributed by atoms with Crippen LogP contribution in [0, 0.1) is 17.1 Å². The maximum Gasteiger partial charge on any atom is 0.302 e. The van der Waals surface area contributed by atoms with Crippen molar-refractivity contribution >= 4 is 27.2 Å². The molecule has 0 bridgehead atoms.